The largest absolute Gasteiger partial charge is 0.352 e. The third-order valence-corrected chi connectivity index (χ3v) is 4.00. The number of hydrogen-bond acceptors (Lipinski definition) is 3. The molecule has 0 aromatic heterocycles. The molecule has 1 atom stereocenters. The molecule has 2 fully saturated rings. The molecular weight excluding hydrogens is 196 g/mol. The zero-order chi connectivity index (χ0) is 9.80. The van der Waals surface area contributed by atoms with E-state index in [4.69, 9.17) is 0 Å². The van der Waals surface area contributed by atoms with Gasteiger partial charge < -0.3 is 10.6 Å². The van der Waals surface area contributed by atoms with Crippen molar-refractivity contribution in [3.05, 3.63) is 0 Å². The zero-order valence-corrected chi connectivity index (χ0v) is 9.24. The SMILES string of the molecule is O=C(NC1CCCC1)C1CSCCN1. The summed E-state index contributed by atoms with van der Waals surface area (Å²) in [6.45, 7) is 0.966. The van der Waals surface area contributed by atoms with Crippen LogP contribution in [0.3, 0.4) is 0 Å². The molecule has 0 radical (unpaired) electrons. The Balaban J connectivity index is 1.75. The minimum absolute atomic E-state index is 0.0503. The molecule has 1 saturated carbocycles. The molecule has 4 heteroatoms. The number of carbonyl (C=O) groups is 1. The van der Waals surface area contributed by atoms with Crippen LogP contribution >= 0.6 is 11.8 Å². The minimum Gasteiger partial charge on any atom is -0.352 e. The molecule has 2 aliphatic rings. The number of carbonyl (C=O) groups excluding carboxylic acids is 1. The van der Waals surface area contributed by atoms with Crippen LogP contribution in [0.15, 0.2) is 0 Å². The molecule has 0 aromatic rings. The van der Waals surface area contributed by atoms with E-state index in [2.05, 4.69) is 10.6 Å². The molecule has 3 nitrogen and oxygen atoms in total. The van der Waals surface area contributed by atoms with Crippen molar-refractivity contribution in [1.82, 2.24) is 10.6 Å². The maximum Gasteiger partial charge on any atom is 0.238 e. The van der Waals surface area contributed by atoms with Crippen molar-refractivity contribution in [3.8, 4) is 0 Å². The second-order valence-electron chi connectivity index (χ2n) is 4.07. The van der Waals surface area contributed by atoms with E-state index in [-0.39, 0.29) is 11.9 Å². The highest BCUT2D eigenvalue weighted by Gasteiger charge is 2.24. The summed E-state index contributed by atoms with van der Waals surface area (Å²) in [5.74, 6) is 2.27. The van der Waals surface area contributed by atoms with Gasteiger partial charge in [0.25, 0.3) is 0 Å². The summed E-state index contributed by atoms with van der Waals surface area (Å²) < 4.78 is 0. The van der Waals surface area contributed by atoms with Gasteiger partial charge in [0.15, 0.2) is 0 Å². The van der Waals surface area contributed by atoms with Crippen LogP contribution < -0.4 is 10.6 Å². The fraction of sp³-hybridized carbons (Fsp3) is 0.900. The first-order valence-electron chi connectivity index (χ1n) is 5.48. The van der Waals surface area contributed by atoms with Gasteiger partial charge in [0.05, 0.1) is 6.04 Å². The Hall–Kier alpha value is -0.220. The monoisotopic (exact) mass is 214 g/mol. The van der Waals surface area contributed by atoms with Crippen LogP contribution in [-0.2, 0) is 4.79 Å². The topological polar surface area (TPSA) is 41.1 Å². The molecule has 2 N–H and O–H groups in total. The molecule has 14 heavy (non-hydrogen) atoms. The summed E-state index contributed by atoms with van der Waals surface area (Å²) in [4.78, 5) is 11.8. The van der Waals surface area contributed by atoms with E-state index in [1.165, 1.54) is 25.7 Å². The molecule has 1 aliphatic carbocycles. The van der Waals surface area contributed by atoms with E-state index < -0.39 is 0 Å². The van der Waals surface area contributed by atoms with E-state index in [0.717, 1.165) is 18.1 Å². The highest BCUT2D eigenvalue weighted by molar-refractivity contribution is 7.99. The van der Waals surface area contributed by atoms with Gasteiger partial charge in [-0.05, 0) is 12.8 Å². The quantitative estimate of drug-likeness (QED) is 0.713. The van der Waals surface area contributed by atoms with Gasteiger partial charge in [0.2, 0.25) is 5.91 Å². The minimum atomic E-state index is 0.0503. The molecule has 1 aliphatic heterocycles. The number of nitrogens with one attached hydrogen (secondary N) is 2. The van der Waals surface area contributed by atoms with Crippen molar-refractivity contribution in [2.75, 3.05) is 18.1 Å². The van der Waals surface area contributed by atoms with Crippen LogP contribution in [0.4, 0.5) is 0 Å². The van der Waals surface area contributed by atoms with Gasteiger partial charge in [0.1, 0.15) is 0 Å². The molecule has 1 saturated heterocycles. The van der Waals surface area contributed by atoms with E-state index in [1.54, 1.807) is 0 Å². The Bertz CT molecular complexity index is 198. The van der Waals surface area contributed by atoms with Gasteiger partial charge in [-0.15, -0.1) is 0 Å². The first-order valence-corrected chi connectivity index (χ1v) is 6.63. The van der Waals surface area contributed by atoms with Crippen LogP contribution in [0.25, 0.3) is 0 Å². The Morgan fingerprint density at radius 2 is 2.14 bits per heavy atom. The lowest BCUT2D eigenvalue weighted by Crippen LogP contribution is -2.51. The lowest BCUT2D eigenvalue weighted by atomic mass is 10.2. The summed E-state index contributed by atoms with van der Waals surface area (Å²) in [5.41, 5.74) is 0. The summed E-state index contributed by atoms with van der Waals surface area (Å²) >= 11 is 1.87. The van der Waals surface area contributed by atoms with Gasteiger partial charge >= 0.3 is 0 Å². The molecule has 0 spiro atoms. The Morgan fingerprint density at radius 1 is 1.36 bits per heavy atom. The maximum absolute atomic E-state index is 11.8. The molecule has 0 aromatic carbocycles. The van der Waals surface area contributed by atoms with Crippen LogP contribution in [-0.4, -0.2) is 36.0 Å². The average Bonchev–Trinajstić information content (AvgIpc) is 2.72. The highest BCUT2D eigenvalue weighted by atomic mass is 32.2. The second-order valence-corrected chi connectivity index (χ2v) is 5.22. The Labute approximate surface area is 89.4 Å². The predicted octanol–water partition coefficient (Wildman–Crippen LogP) is 0.750. The molecule has 0 bridgehead atoms. The van der Waals surface area contributed by atoms with Crippen molar-refractivity contribution >= 4 is 17.7 Å². The third-order valence-electron chi connectivity index (χ3n) is 2.94. The lowest BCUT2D eigenvalue weighted by Gasteiger charge is -2.24. The molecular formula is C10H18N2OS. The van der Waals surface area contributed by atoms with Gasteiger partial charge in [0, 0.05) is 24.1 Å². The van der Waals surface area contributed by atoms with Crippen molar-refractivity contribution in [2.24, 2.45) is 0 Å². The van der Waals surface area contributed by atoms with Crippen LogP contribution in [0.5, 0.6) is 0 Å². The first kappa shape index (κ1) is 10.3. The second kappa shape index (κ2) is 5.03. The summed E-state index contributed by atoms with van der Waals surface area (Å²) in [6, 6.07) is 0.505. The molecule has 1 amide bonds. The van der Waals surface area contributed by atoms with E-state index >= 15 is 0 Å². The molecule has 1 unspecified atom stereocenters. The van der Waals surface area contributed by atoms with Crippen molar-refractivity contribution in [1.29, 1.82) is 0 Å². The van der Waals surface area contributed by atoms with Crippen molar-refractivity contribution < 1.29 is 4.79 Å². The fourth-order valence-electron chi connectivity index (χ4n) is 2.11. The summed E-state index contributed by atoms with van der Waals surface area (Å²) in [6.07, 6.45) is 4.90. The van der Waals surface area contributed by atoms with Crippen LogP contribution in [0, 0.1) is 0 Å². The van der Waals surface area contributed by atoms with Gasteiger partial charge in [-0.25, -0.2) is 0 Å². The summed E-state index contributed by atoms with van der Waals surface area (Å²) in [5, 5.41) is 6.39. The molecule has 80 valence electrons. The lowest BCUT2D eigenvalue weighted by molar-refractivity contribution is -0.123. The summed E-state index contributed by atoms with van der Waals surface area (Å²) in [7, 11) is 0. The van der Waals surface area contributed by atoms with Gasteiger partial charge in [-0.2, -0.15) is 11.8 Å². The molecule has 2 rings (SSSR count). The van der Waals surface area contributed by atoms with E-state index in [0.29, 0.717) is 6.04 Å². The number of hydrogen-bond donors (Lipinski definition) is 2. The van der Waals surface area contributed by atoms with Gasteiger partial charge in [-0.1, -0.05) is 12.8 Å². The number of thioether (sulfide) groups is 1. The number of amides is 1. The van der Waals surface area contributed by atoms with Crippen LogP contribution in [0.2, 0.25) is 0 Å². The third kappa shape index (κ3) is 2.64. The Kier molecular flexibility index (Phi) is 3.70. The maximum atomic E-state index is 11.8. The van der Waals surface area contributed by atoms with Gasteiger partial charge in [-0.3, -0.25) is 4.79 Å². The molecule has 1 heterocycles. The fourth-order valence-corrected chi connectivity index (χ4v) is 3.04. The number of rotatable bonds is 2. The standard InChI is InChI=1S/C10H18N2OS/c13-10(9-7-14-6-5-11-9)12-8-3-1-2-4-8/h8-9,11H,1-7H2,(H,12,13). The van der Waals surface area contributed by atoms with Crippen molar-refractivity contribution in [3.63, 3.8) is 0 Å². The van der Waals surface area contributed by atoms with E-state index in [1.807, 2.05) is 11.8 Å². The normalized spacial score (nSPS) is 29.0. The van der Waals surface area contributed by atoms with E-state index in [9.17, 15) is 4.79 Å². The predicted molar refractivity (Wildman–Crippen MR) is 59.5 cm³/mol. The Morgan fingerprint density at radius 3 is 2.79 bits per heavy atom. The highest BCUT2D eigenvalue weighted by Crippen LogP contribution is 2.18. The zero-order valence-electron chi connectivity index (χ0n) is 8.42. The average molecular weight is 214 g/mol. The van der Waals surface area contributed by atoms with Crippen LogP contribution in [0.1, 0.15) is 25.7 Å². The smallest absolute Gasteiger partial charge is 0.238 e. The van der Waals surface area contributed by atoms with Crippen molar-refractivity contribution in [2.45, 2.75) is 37.8 Å². The first-order chi connectivity index (χ1) is 6.86.